The molecule has 0 spiro atoms. The van der Waals surface area contributed by atoms with Gasteiger partial charge in [0.05, 0.1) is 24.2 Å². The summed E-state index contributed by atoms with van der Waals surface area (Å²) in [5.74, 6) is -1.52. The molecule has 1 aliphatic rings. The van der Waals surface area contributed by atoms with E-state index >= 15 is 0 Å². The van der Waals surface area contributed by atoms with Crippen LogP contribution in [0, 0.1) is 5.82 Å². The highest BCUT2D eigenvalue weighted by Crippen LogP contribution is 2.33. The summed E-state index contributed by atoms with van der Waals surface area (Å²) in [7, 11) is 0. The first-order valence-electron chi connectivity index (χ1n) is 7.77. The van der Waals surface area contributed by atoms with Gasteiger partial charge in [0.25, 0.3) is 0 Å². The van der Waals surface area contributed by atoms with Crippen molar-refractivity contribution in [3.63, 3.8) is 0 Å². The monoisotopic (exact) mass is 366 g/mol. The van der Waals surface area contributed by atoms with Gasteiger partial charge in [0.1, 0.15) is 11.6 Å². The smallest absolute Gasteiger partial charge is 0.416 e. The van der Waals surface area contributed by atoms with Gasteiger partial charge in [-0.15, -0.1) is 0 Å². The minimum atomic E-state index is -4.75. The van der Waals surface area contributed by atoms with Crippen LogP contribution in [-0.2, 0) is 17.4 Å². The fraction of sp³-hybridized carbons (Fsp3) is 0.222. The zero-order chi connectivity index (χ0) is 18.9. The lowest BCUT2D eigenvalue weighted by molar-refractivity contribution is -0.138. The molecule has 2 aromatic rings. The quantitative estimate of drug-likeness (QED) is 0.842. The maximum Gasteiger partial charge on any atom is 0.416 e. The number of hydrazone groups is 1. The van der Waals surface area contributed by atoms with E-state index in [0.717, 1.165) is 22.7 Å². The summed E-state index contributed by atoms with van der Waals surface area (Å²) in [5.41, 5.74) is -0.130. The lowest BCUT2D eigenvalue weighted by Gasteiger charge is -2.15. The molecule has 136 valence electrons. The van der Waals surface area contributed by atoms with E-state index in [-0.39, 0.29) is 17.9 Å². The van der Waals surface area contributed by atoms with E-state index in [1.54, 1.807) is 12.1 Å². The predicted molar refractivity (Wildman–Crippen MR) is 86.1 cm³/mol. The molecule has 0 radical (unpaired) electrons. The Morgan fingerprint density at radius 1 is 1.15 bits per heavy atom. The Morgan fingerprint density at radius 2 is 1.85 bits per heavy atom. The first kappa shape index (κ1) is 17.9. The SMILES string of the molecule is O=C(Cc1ccc(F)cc1C(F)(F)F)N1CCC(c2ccc(O)cc2)=N1. The largest absolute Gasteiger partial charge is 0.508 e. The summed E-state index contributed by atoms with van der Waals surface area (Å²) < 4.78 is 52.2. The Hall–Kier alpha value is -2.90. The number of benzene rings is 2. The molecule has 0 aromatic heterocycles. The van der Waals surface area contributed by atoms with Crippen LogP contribution < -0.4 is 0 Å². The van der Waals surface area contributed by atoms with Gasteiger partial charge in [0.2, 0.25) is 5.91 Å². The number of rotatable bonds is 3. The molecular formula is C18H14F4N2O2. The Balaban J connectivity index is 1.78. The van der Waals surface area contributed by atoms with Gasteiger partial charge in [-0.2, -0.15) is 18.3 Å². The summed E-state index contributed by atoms with van der Waals surface area (Å²) >= 11 is 0. The van der Waals surface area contributed by atoms with Crippen LogP contribution >= 0.6 is 0 Å². The van der Waals surface area contributed by atoms with Crippen LogP contribution in [-0.4, -0.2) is 28.3 Å². The number of carbonyl (C=O) groups excluding carboxylic acids is 1. The van der Waals surface area contributed by atoms with Crippen molar-refractivity contribution in [1.29, 1.82) is 0 Å². The number of aromatic hydroxyl groups is 1. The molecule has 2 aromatic carbocycles. The van der Waals surface area contributed by atoms with Gasteiger partial charge >= 0.3 is 6.18 Å². The molecule has 0 aliphatic carbocycles. The van der Waals surface area contributed by atoms with Crippen molar-refractivity contribution in [1.82, 2.24) is 5.01 Å². The zero-order valence-electron chi connectivity index (χ0n) is 13.4. The maximum absolute atomic E-state index is 13.1. The molecule has 1 N–H and O–H groups in total. The second-order valence-electron chi connectivity index (χ2n) is 5.84. The summed E-state index contributed by atoms with van der Waals surface area (Å²) in [4.78, 5) is 12.3. The summed E-state index contributed by atoms with van der Waals surface area (Å²) in [6.45, 7) is 0.248. The van der Waals surface area contributed by atoms with Gasteiger partial charge in [-0.05, 0) is 47.5 Å². The third-order valence-corrected chi connectivity index (χ3v) is 4.01. The molecule has 3 rings (SSSR count). The van der Waals surface area contributed by atoms with Crippen molar-refractivity contribution in [2.75, 3.05) is 6.54 Å². The molecule has 0 fully saturated rings. The third kappa shape index (κ3) is 3.84. The first-order chi connectivity index (χ1) is 12.2. The van der Waals surface area contributed by atoms with Crippen molar-refractivity contribution in [3.8, 4) is 5.75 Å². The highest BCUT2D eigenvalue weighted by Gasteiger charge is 2.35. The van der Waals surface area contributed by atoms with E-state index in [1.807, 2.05) is 0 Å². The average molecular weight is 366 g/mol. The standard InChI is InChI=1S/C18H14F4N2O2/c19-13-4-1-12(15(10-13)18(20,21)22)9-17(26)24-8-7-16(23-24)11-2-5-14(25)6-3-11/h1-6,10,25H,7-9H2. The van der Waals surface area contributed by atoms with Crippen molar-refractivity contribution >= 4 is 11.6 Å². The van der Waals surface area contributed by atoms with E-state index < -0.39 is 29.9 Å². The van der Waals surface area contributed by atoms with Crippen LogP contribution in [0.4, 0.5) is 17.6 Å². The van der Waals surface area contributed by atoms with Gasteiger partial charge in [-0.25, -0.2) is 9.40 Å². The number of halogens is 4. The second-order valence-corrected chi connectivity index (χ2v) is 5.84. The minimum absolute atomic E-state index is 0.0938. The first-order valence-corrected chi connectivity index (χ1v) is 7.77. The highest BCUT2D eigenvalue weighted by atomic mass is 19.4. The fourth-order valence-electron chi connectivity index (χ4n) is 2.71. The number of alkyl halides is 3. The van der Waals surface area contributed by atoms with Crippen LogP contribution in [0.3, 0.4) is 0 Å². The molecule has 1 amide bonds. The number of phenols is 1. The lowest BCUT2D eigenvalue weighted by atomic mass is 10.0. The Labute approximate surface area is 146 Å². The average Bonchev–Trinajstić information content (AvgIpc) is 3.06. The van der Waals surface area contributed by atoms with Gasteiger partial charge in [0.15, 0.2) is 0 Å². The van der Waals surface area contributed by atoms with Gasteiger partial charge in [-0.3, -0.25) is 4.79 Å². The van der Waals surface area contributed by atoms with Crippen LogP contribution in [0.25, 0.3) is 0 Å². The van der Waals surface area contributed by atoms with E-state index in [1.165, 1.54) is 12.1 Å². The Morgan fingerprint density at radius 3 is 2.50 bits per heavy atom. The molecule has 0 bridgehead atoms. The molecule has 0 unspecified atom stereocenters. The topological polar surface area (TPSA) is 52.9 Å². The van der Waals surface area contributed by atoms with Gasteiger partial charge < -0.3 is 5.11 Å². The molecular weight excluding hydrogens is 352 g/mol. The zero-order valence-corrected chi connectivity index (χ0v) is 13.4. The molecule has 1 heterocycles. The Bertz CT molecular complexity index is 860. The van der Waals surface area contributed by atoms with Crippen molar-refractivity contribution in [3.05, 3.63) is 65.0 Å². The minimum Gasteiger partial charge on any atom is -0.508 e. The second kappa shape index (κ2) is 6.78. The summed E-state index contributed by atoms with van der Waals surface area (Å²) in [6, 6.07) is 8.50. The van der Waals surface area contributed by atoms with Crippen LogP contribution in [0.2, 0.25) is 0 Å². The highest BCUT2D eigenvalue weighted by molar-refractivity contribution is 6.02. The number of amides is 1. The fourth-order valence-corrected chi connectivity index (χ4v) is 2.71. The third-order valence-electron chi connectivity index (χ3n) is 4.01. The molecule has 0 saturated carbocycles. The van der Waals surface area contributed by atoms with E-state index in [4.69, 9.17) is 0 Å². The van der Waals surface area contributed by atoms with E-state index in [9.17, 15) is 27.5 Å². The van der Waals surface area contributed by atoms with Crippen molar-refractivity contribution in [2.24, 2.45) is 5.10 Å². The normalized spacial score (nSPS) is 14.5. The number of hydrogen-bond donors (Lipinski definition) is 1. The van der Waals surface area contributed by atoms with Crippen molar-refractivity contribution < 1.29 is 27.5 Å². The van der Waals surface area contributed by atoms with Crippen LogP contribution in [0.5, 0.6) is 5.75 Å². The maximum atomic E-state index is 13.1. The number of nitrogens with zero attached hydrogens (tertiary/aromatic N) is 2. The molecule has 1 aliphatic heterocycles. The molecule has 0 saturated heterocycles. The lowest BCUT2D eigenvalue weighted by Crippen LogP contribution is -2.26. The van der Waals surface area contributed by atoms with Gasteiger partial charge in [0, 0.05) is 6.42 Å². The van der Waals surface area contributed by atoms with Crippen LogP contribution in [0.15, 0.2) is 47.6 Å². The van der Waals surface area contributed by atoms with E-state index in [2.05, 4.69) is 5.10 Å². The molecule has 0 atom stereocenters. The summed E-state index contributed by atoms with van der Waals surface area (Å²) in [5, 5.41) is 14.6. The molecule has 26 heavy (non-hydrogen) atoms. The number of carbonyl (C=O) groups is 1. The number of hydrogen-bond acceptors (Lipinski definition) is 3. The summed E-state index contributed by atoms with van der Waals surface area (Å²) in [6.07, 6.45) is -4.82. The van der Waals surface area contributed by atoms with Crippen LogP contribution in [0.1, 0.15) is 23.1 Å². The molecule has 4 nitrogen and oxygen atoms in total. The van der Waals surface area contributed by atoms with E-state index in [0.29, 0.717) is 18.2 Å². The molecule has 8 heteroatoms. The number of phenolic OH excluding ortho intramolecular Hbond substituents is 1. The predicted octanol–water partition coefficient (Wildman–Crippen LogP) is 3.73. The van der Waals surface area contributed by atoms with Crippen molar-refractivity contribution in [2.45, 2.75) is 19.0 Å². The Kier molecular flexibility index (Phi) is 4.67. The van der Waals surface area contributed by atoms with Gasteiger partial charge in [-0.1, -0.05) is 6.07 Å².